The Morgan fingerprint density at radius 1 is 0.944 bits per heavy atom. The number of piperidine rings is 1. The lowest BCUT2D eigenvalue weighted by Crippen LogP contribution is -2.41. The van der Waals surface area contributed by atoms with E-state index in [9.17, 15) is 4.79 Å². The molecule has 0 atom stereocenters. The molecule has 188 valence electrons. The van der Waals surface area contributed by atoms with Crippen LogP contribution in [-0.2, 0) is 11.2 Å². The van der Waals surface area contributed by atoms with E-state index in [2.05, 4.69) is 12.1 Å². The number of para-hydroxylation sites is 1. The van der Waals surface area contributed by atoms with Gasteiger partial charge in [-0.05, 0) is 80.0 Å². The number of fused-ring (bicyclic) bond motifs is 1. The Bertz CT molecular complexity index is 1190. The van der Waals surface area contributed by atoms with E-state index >= 15 is 0 Å². The van der Waals surface area contributed by atoms with E-state index in [0.29, 0.717) is 25.1 Å². The van der Waals surface area contributed by atoms with E-state index in [4.69, 9.17) is 18.9 Å². The third-order valence-corrected chi connectivity index (χ3v) is 6.94. The molecular weight excluding hydrogens is 454 g/mol. The summed E-state index contributed by atoms with van der Waals surface area (Å²) in [5.41, 5.74) is 3.23. The molecule has 1 saturated heterocycles. The molecule has 0 aliphatic carbocycles. The van der Waals surface area contributed by atoms with Crippen molar-refractivity contribution in [3.63, 3.8) is 0 Å². The number of carbonyl (C=O) groups is 1. The van der Waals surface area contributed by atoms with Gasteiger partial charge in [0.15, 0.2) is 18.1 Å². The maximum Gasteiger partial charge on any atom is 0.260 e. The molecule has 0 bridgehead atoms. The predicted octanol–water partition coefficient (Wildman–Crippen LogP) is 5.73. The number of benzene rings is 3. The molecule has 1 amide bonds. The van der Waals surface area contributed by atoms with Gasteiger partial charge in [-0.15, -0.1) is 0 Å². The van der Waals surface area contributed by atoms with Crippen LogP contribution in [0.15, 0.2) is 66.7 Å². The predicted molar refractivity (Wildman–Crippen MR) is 139 cm³/mol. The molecule has 0 aromatic heterocycles. The van der Waals surface area contributed by atoms with Crippen LogP contribution in [0.5, 0.6) is 23.0 Å². The highest BCUT2D eigenvalue weighted by Gasteiger charge is 2.23. The molecule has 6 nitrogen and oxygen atoms in total. The average Bonchev–Trinajstić information content (AvgIpc) is 3.39. The Hall–Kier alpha value is -3.67. The van der Waals surface area contributed by atoms with Crippen LogP contribution < -0.4 is 18.9 Å². The van der Waals surface area contributed by atoms with Gasteiger partial charge in [-0.25, -0.2) is 0 Å². The summed E-state index contributed by atoms with van der Waals surface area (Å²) < 4.78 is 22.6. The van der Waals surface area contributed by atoms with Crippen LogP contribution in [-0.4, -0.2) is 43.9 Å². The van der Waals surface area contributed by atoms with Crippen LogP contribution in [0, 0.1) is 5.92 Å². The second-order valence-corrected chi connectivity index (χ2v) is 9.30. The normalized spacial score (nSPS) is 15.1. The molecular formula is C30H33NO5. The van der Waals surface area contributed by atoms with Gasteiger partial charge >= 0.3 is 0 Å². The van der Waals surface area contributed by atoms with E-state index in [-0.39, 0.29) is 12.5 Å². The van der Waals surface area contributed by atoms with E-state index in [1.807, 2.05) is 66.4 Å². The fourth-order valence-electron chi connectivity index (χ4n) is 4.92. The largest absolute Gasteiger partial charge is 0.494 e. The average molecular weight is 488 g/mol. The van der Waals surface area contributed by atoms with Crippen LogP contribution in [0.1, 0.15) is 31.7 Å². The number of amides is 1. The van der Waals surface area contributed by atoms with E-state index in [1.165, 1.54) is 5.56 Å². The highest BCUT2D eigenvalue weighted by atomic mass is 16.7. The topological polar surface area (TPSA) is 57.2 Å². The minimum Gasteiger partial charge on any atom is -0.494 e. The molecule has 2 aliphatic heterocycles. The van der Waals surface area contributed by atoms with Gasteiger partial charge in [-0.1, -0.05) is 36.4 Å². The quantitative estimate of drug-likeness (QED) is 0.386. The minimum atomic E-state index is 0.0436. The Morgan fingerprint density at radius 3 is 2.64 bits per heavy atom. The first-order valence-electron chi connectivity index (χ1n) is 12.8. The molecule has 5 rings (SSSR count). The number of nitrogens with zero attached hydrogens (tertiary/aromatic N) is 1. The number of carbonyl (C=O) groups excluding carboxylic acids is 1. The molecule has 0 unspecified atom stereocenters. The lowest BCUT2D eigenvalue weighted by molar-refractivity contribution is -0.134. The SMILES string of the molecule is CCOc1cccc(-c2ccccc2OCC(=O)N2CCC(CCc3ccc4c(c3)OCO4)CC2)c1. The first-order chi connectivity index (χ1) is 17.7. The molecule has 2 heterocycles. The summed E-state index contributed by atoms with van der Waals surface area (Å²) in [6, 6.07) is 22.0. The monoisotopic (exact) mass is 487 g/mol. The van der Waals surface area contributed by atoms with Gasteiger partial charge in [0.05, 0.1) is 6.61 Å². The van der Waals surface area contributed by atoms with Crippen molar-refractivity contribution in [1.29, 1.82) is 0 Å². The van der Waals surface area contributed by atoms with Gasteiger partial charge in [0.2, 0.25) is 6.79 Å². The standard InChI is InChI=1S/C30H33NO5/c1-2-33-25-7-5-6-24(19-25)26-8-3-4-9-27(26)34-20-30(32)31-16-14-22(15-17-31)10-11-23-12-13-28-29(18-23)36-21-35-28/h3-9,12-13,18-19,22H,2,10-11,14-17,20-21H2,1H3. The first-order valence-corrected chi connectivity index (χ1v) is 12.8. The van der Waals surface area contributed by atoms with Crippen molar-refractivity contribution in [3.05, 3.63) is 72.3 Å². The fourth-order valence-corrected chi connectivity index (χ4v) is 4.92. The summed E-state index contributed by atoms with van der Waals surface area (Å²) in [6.45, 7) is 4.51. The van der Waals surface area contributed by atoms with Gasteiger partial charge in [0.25, 0.3) is 5.91 Å². The molecule has 0 N–H and O–H groups in total. The number of ether oxygens (including phenoxy) is 4. The maximum atomic E-state index is 12.9. The first kappa shape index (κ1) is 24.0. The smallest absolute Gasteiger partial charge is 0.260 e. The van der Waals surface area contributed by atoms with Gasteiger partial charge < -0.3 is 23.8 Å². The van der Waals surface area contributed by atoms with Gasteiger partial charge in [0.1, 0.15) is 11.5 Å². The minimum absolute atomic E-state index is 0.0436. The van der Waals surface area contributed by atoms with Crippen molar-refractivity contribution < 1.29 is 23.7 Å². The summed E-state index contributed by atoms with van der Waals surface area (Å²) in [5.74, 6) is 3.87. The molecule has 1 fully saturated rings. The van der Waals surface area contributed by atoms with Crippen molar-refractivity contribution in [2.75, 3.05) is 33.1 Å². The lowest BCUT2D eigenvalue weighted by Gasteiger charge is -2.32. The third-order valence-electron chi connectivity index (χ3n) is 6.94. The maximum absolute atomic E-state index is 12.9. The number of hydrogen-bond acceptors (Lipinski definition) is 5. The Labute approximate surface area is 212 Å². The van der Waals surface area contributed by atoms with Crippen molar-refractivity contribution in [1.82, 2.24) is 4.90 Å². The molecule has 3 aromatic rings. The molecule has 3 aromatic carbocycles. The zero-order chi connectivity index (χ0) is 24.7. The number of likely N-dealkylation sites (tertiary alicyclic amines) is 1. The lowest BCUT2D eigenvalue weighted by atomic mass is 9.90. The molecule has 36 heavy (non-hydrogen) atoms. The van der Waals surface area contributed by atoms with Crippen LogP contribution in [0.3, 0.4) is 0 Å². The van der Waals surface area contributed by atoms with Crippen LogP contribution in [0.2, 0.25) is 0 Å². The highest BCUT2D eigenvalue weighted by Crippen LogP contribution is 2.34. The van der Waals surface area contributed by atoms with Crippen LogP contribution >= 0.6 is 0 Å². The second-order valence-electron chi connectivity index (χ2n) is 9.30. The summed E-state index contributed by atoms with van der Waals surface area (Å²) in [4.78, 5) is 14.8. The second kappa shape index (κ2) is 11.4. The third kappa shape index (κ3) is 5.76. The van der Waals surface area contributed by atoms with E-state index in [1.54, 1.807) is 0 Å². The zero-order valence-electron chi connectivity index (χ0n) is 20.8. The summed E-state index contributed by atoms with van der Waals surface area (Å²) in [7, 11) is 0. The summed E-state index contributed by atoms with van der Waals surface area (Å²) in [6.07, 6.45) is 4.18. The number of rotatable bonds is 9. The van der Waals surface area contributed by atoms with E-state index < -0.39 is 0 Å². The van der Waals surface area contributed by atoms with E-state index in [0.717, 1.165) is 67.1 Å². The number of hydrogen-bond donors (Lipinski definition) is 0. The molecule has 0 spiro atoms. The van der Waals surface area contributed by atoms with Crippen LogP contribution in [0.25, 0.3) is 11.1 Å². The Balaban J connectivity index is 1.11. The van der Waals surface area contributed by atoms with Crippen LogP contribution in [0.4, 0.5) is 0 Å². The molecule has 6 heteroatoms. The Kier molecular flexibility index (Phi) is 7.60. The van der Waals surface area contributed by atoms with Crippen molar-refractivity contribution in [2.24, 2.45) is 5.92 Å². The van der Waals surface area contributed by atoms with Gasteiger partial charge in [0, 0.05) is 18.7 Å². The summed E-state index contributed by atoms with van der Waals surface area (Å²) >= 11 is 0. The number of aryl methyl sites for hydroxylation is 1. The summed E-state index contributed by atoms with van der Waals surface area (Å²) in [5, 5.41) is 0. The highest BCUT2D eigenvalue weighted by molar-refractivity contribution is 5.78. The molecule has 0 saturated carbocycles. The van der Waals surface area contributed by atoms with Gasteiger partial charge in [-0.3, -0.25) is 4.79 Å². The molecule has 2 aliphatic rings. The zero-order valence-corrected chi connectivity index (χ0v) is 20.8. The van der Waals surface area contributed by atoms with Crippen molar-refractivity contribution >= 4 is 5.91 Å². The van der Waals surface area contributed by atoms with Crippen molar-refractivity contribution in [2.45, 2.75) is 32.6 Å². The fraction of sp³-hybridized carbons (Fsp3) is 0.367. The van der Waals surface area contributed by atoms with Crippen molar-refractivity contribution in [3.8, 4) is 34.1 Å². The molecule has 0 radical (unpaired) electrons. The van der Waals surface area contributed by atoms with Gasteiger partial charge in [-0.2, -0.15) is 0 Å². The Morgan fingerprint density at radius 2 is 1.78 bits per heavy atom.